The van der Waals surface area contributed by atoms with Crippen molar-refractivity contribution in [2.75, 3.05) is 0 Å². The molecule has 0 saturated heterocycles. The number of amides is 1. The lowest BCUT2D eigenvalue weighted by molar-refractivity contribution is -0.298. The molecule has 66 valence electrons. The first-order valence-corrected chi connectivity index (χ1v) is 4.08. The van der Waals surface area contributed by atoms with Crippen LogP contribution in [-0.2, 0) is 4.79 Å². The van der Waals surface area contributed by atoms with Gasteiger partial charge in [-0.15, -0.1) is 0 Å². The van der Waals surface area contributed by atoms with Crippen LogP contribution in [0.4, 0.5) is 0 Å². The van der Waals surface area contributed by atoms with Gasteiger partial charge in [0.25, 0.3) is 0 Å². The van der Waals surface area contributed by atoms with Crippen molar-refractivity contribution < 1.29 is 10.5 Å². The number of carbonyl (C=O) groups excluding carboxylic acids is 1. The SMILES string of the molecule is CC1C=CC(C([NH3+])=O)=C(N)C1C. The van der Waals surface area contributed by atoms with Gasteiger partial charge in [0.05, 0.1) is 5.57 Å². The Labute approximate surface area is 72.1 Å². The van der Waals surface area contributed by atoms with Crippen LogP contribution in [0.25, 0.3) is 0 Å². The lowest BCUT2D eigenvalue weighted by atomic mass is 9.85. The predicted octanol–water partition coefficient (Wildman–Crippen LogP) is -0.190. The Bertz CT molecular complexity index is 266. The smallest absolute Gasteiger partial charge is 0.342 e. The fraction of sp³-hybridized carbons (Fsp3) is 0.444. The molecule has 12 heavy (non-hydrogen) atoms. The molecule has 2 unspecified atom stereocenters. The van der Waals surface area contributed by atoms with Crippen molar-refractivity contribution >= 4 is 5.91 Å². The van der Waals surface area contributed by atoms with E-state index in [0.717, 1.165) is 0 Å². The van der Waals surface area contributed by atoms with Crippen LogP contribution in [0.15, 0.2) is 23.4 Å². The summed E-state index contributed by atoms with van der Waals surface area (Å²) in [4.78, 5) is 11.0. The molecule has 0 fully saturated rings. The average Bonchev–Trinajstić information content (AvgIpc) is 2.00. The van der Waals surface area contributed by atoms with Crippen molar-refractivity contribution in [1.82, 2.24) is 0 Å². The molecule has 0 aromatic heterocycles. The third-order valence-electron chi connectivity index (χ3n) is 2.46. The molecule has 0 aromatic rings. The van der Waals surface area contributed by atoms with Crippen molar-refractivity contribution in [3.05, 3.63) is 23.4 Å². The summed E-state index contributed by atoms with van der Waals surface area (Å²) in [5.41, 5.74) is 10.4. The van der Waals surface area contributed by atoms with Gasteiger partial charge in [-0.25, -0.2) is 4.79 Å². The lowest BCUT2D eigenvalue weighted by Gasteiger charge is -2.22. The summed E-state index contributed by atoms with van der Waals surface area (Å²) in [5, 5.41) is 0. The summed E-state index contributed by atoms with van der Waals surface area (Å²) < 4.78 is 0. The zero-order valence-electron chi connectivity index (χ0n) is 7.50. The van der Waals surface area contributed by atoms with Crippen molar-refractivity contribution in [2.45, 2.75) is 13.8 Å². The molecular formula is C9H15N2O+. The fourth-order valence-corrected chi connectivity index (χ4v) is 1.29. The molecule has 0 aliphatic heterocycles. The van der Waals surface area contributed by atoms with Gasteiger partial charge >= 0.3 is 5.91 Å². The normalized spacial score (nSPS) is 29.2. The molecule has 0 saturated carbocycles. The molecule has 0 radical (unpaired) electrons. The molecule has 5 N–H and O–H groups in total. The van der Waals surface area contributed by atoms with Gasteiger partial charge in [-0.3, -0.25) is 5.73 Å². The molecule has 1 aliphatic rings. The van der Waals surface area contributed by atoms with Crippen molar-refractivity contribution in [3.8, 4) is 0 Å². The van der Waals surface area contributed by atoms with E-state index in [4.69, 9.17) is 5.73 Å². The van der Waals surface area contributed by atoms with E-state index in [1.807, 2.05) is 13.0 Å². The maximum Gasteiger partial charge on any atom is 0.342 e. The van der Waals surface area contributed by atoms with E-state index in [0.29, 0.717) is 17.2 Å². The standard InChI is InChI=1S/C9H14N2O/c1-5-3-4-7(9(11)12)8(10)6(5)2/h3-6H,10H2,1-2H3,(H2,11,12)/p+1. The second kappa shape index (κ2) is 3.11. The highest BCUT2D eigenvalue weighted by Crippen LogP contribution is 2.25. The third-order valence-corrected chi connectivity index (χ3v) is 2.46. The van der Waals surface area contributed by atoms with E-state index in [-0.39, 0.29) is 11.8 Å². The van der Waals surface area contributed by atoms with Crippen LogP contribution < -0.4 is 11.5 Å². The van der Waals surface area contributed by atoms with Crippen LogP contribution in [0.2, 0.25) is 0 Å². The van der Waals surface area contributed by atoms with E-state index in [2.05, 4.69) is 12.7 Å². The predicted molar refractivity (Wildman–Crippen MR) is 46.6 cm³/mol. The highest BCUT2D eigenvalue weighted by atomic mass is 16.1. The van der Waals surface area contributed by atoms with E-state index in [1.54, 1.807) is 6.08 Å². The Hall–Kier alpha value is -1.09. The molecule has 0 spiro atoms. The third kappa shape index (κ3) is 1.41. The summed E-state index contributed by atoms with van der Waals surface area (Å²) >= 11 is 0. The highest BCUT2D eigenvalue weighted by molar-refractivity contribution is 5.89. The number of hydrogen-bond acceptors (Lipinski definition) is 2. The first-order valence-electron chi connectivity index (χ1n) is 4.08. The Morgan fingerprint density at radius 1 is 1.58 bits per heavy atom. The van der Waals surface area contributed by atoms with E-state index in [9.17, 15) is 4.79 Å². The Morgan fingerprint density at radius 2 is 2.17 bits per heavy atom. The zero-order valence-corrected chi connectivity index (χ0v) is 7.50. The Kier molecular flexibility index (Phi) is 2.33. The van der Waals surface area contributed by atoms with Gasteiger partial charge in [-0.1, -0.05) is 19.9 Å². The molecule has 0 bridgehead atoms. The van der Waals surface area contributed by atoms with Crippen molar-refractivity contribution in [1.29, 1.82) is 0 Å². The van der Waals surface area contributed by atoms with E-state index in [1.165, 1.54) is 0 Å². The molecule has 0 aromatic carbocycles. The summed E-state index contributed by atoms with van der Waals surface area (Å²) in [6.07, 6.45) is 3.77. The van der Waals surface area contributed by atoms with Gasteiger partial charge in [0, 0.05) is 11.6 Å². The lowest BCUT2D eigenvalue weighted by Crippen LogP contribution is -2.58. The Balaban J connectivity index is 3.02. The number of rotatable bonds is 1. The molecule has 1 rings (SSSR count). The van der Waals surface area contributed by atoms with Gasteiger partial charge in [0.2, 0.25) is 0 Å². The van der Waals surface area contributed by atoms with E-state index < -0.39 is 0 Å². The Morgan fingerprint density at radius 3 is 2.67 bits per heavy atom. The summed E-state index contributed by atoms with van der Waals surface area (Å²) in [6, 6.07) is 0. The zero-order chi connectivity index (χ0) is 9.30. The summed E-state index contributed by atoms with van der Waals surface area (Å²) in [5.74, 6) is 0.464. The molecular weight excluding hydrogens is 152 g/mol. The summed E-state index contributed by atoms with van der Waals surface area (Å²) in [6.45, 7) is 4.10. The monoisotopic (exact) mass is 167 g/mol. The molecule has 3 nitrogen and oxygen atoms in total. The number of carbonyl (C=O) groups is 1. The maximum atomic E-state index is 11.0. The second-order valence-corrected chi connectivity index (χ2v) is 3.30. The first kappa shape index (κ1) is 9.00. The van der Waals surface area contributed by atoms with Gasteiger partial charge in [0.1, 0.15) is 0 Å². The van der Waals surface area contributed by atoms with Gasteiger partial charge in [-0.05, 0) is 12.0 Å². The second-order valence-electron chi connectivity index (χ2n) is 3.30. The minimum Gasteiger partial charge on any atom is -0.401 e. The molecule has 1 aliphatic carbocycles. The molecule has 2 atom stereocenters. The molecule has 0 heterocycles. The minimum absolute atomic E-state index is 0.192. The quantitative estimate of drug-likeness (QED) is 0.568. The van der Waals surface area contributed by atoms with Crippen LogP contribution >= 0.6 is 0 Å². The number of allylic oxidation sites excluding steroid dienone is 2. The van der Waals surface area contributed by atoms with Crippen LogP contribution in [0.3, 0.4) is 0 Å². The topological polar surface area (TPSA) is 70.7 Å². The number of hydrogen-bond donors (Lipinski definition) is 2. The minimum atomic E-state index is -0.192. The van der Waals surface area contributed by atoms with Gasteiger partial charge in [0.15, 0.2) is 0 Å². The van der Waals surface area contributed by atoms with Crippen molar-refractivity contribution in [2.24, 2.45) is 17.6 Å². The van der Waals surface area contributed by atoms with Crippen LogP contribution in [0.5, 0.6) is 0 Å². The van der Waals surface area contributed by atoms with Crippen LogP contribution in [0, 0.1) is 11.8 Å². The van der Waals surface area contributed by atoms with Crippen molar-refractivity contribution in [3.63, 3.8) is 0 Å². The maximum absolute atomic E-state index is 11.0. The average molecular weight is 167 g/mol. The van der Waals surface area contributed by atoms with Crippen LogP contribution in [-0.4, -0.2) is 5.91 Å². The first-order chi connectivity index (χ1) is 5.54. The van der Waals surface area contributed by atoms with Gasteiger partial charge in [-0.2, -0.15) is 0 Å². The highest BCUT2D eigenvalue weighted by Gasteiger charge is 2.22. The number of quaternary nitrogens is 1. The van der Waals surface area contributed by atoms with Gasteiger partial charge < -0.3 is 5.73 Å². The molecule has 1 amide bonds. The largest absolute Gasteiger partial charge is 0.401 e. The van der Waals surface area contributed by atoms with E-state index >= 15 is 0 Å². The molecule has 3 heteroatoms. The summed E-state index contributed by atoms with van der Waals surface area (Å²) in [7, 11) is 0. The number of nitrogens with two attached hydrogens (primary N) is 1. The van der Waals surface area contributed by atoms with Crippen LogP contribution in [0.1, 0.15) is 13.8 Å². The fourth-order valence-electron chi connectivity index (χ4n) is 1.29.